The van der Waals surface area contributed by atoms with Gasteiger partial charge in [-0.05, 0) is 25.1 Å². The molecule has 2 N–H and O–H groups in total. The van der Waals surface area contributed by atoms with Crippen molar-refractivity contribution in [3.05, 3.63) is 76.1 Å². The van der Waals surface area contributed by atoms with Crippen LogP contribution < -0.4 is 16.2 Å². The first-order chi connectivity index (χ1) is 16.2. The molecule has 9 nitrogen and oxygen atoms in total. The molecule has 1 aliphatic heterocycles. The van der Waals surface area contributed by atoms with Crippen LogP contribution in [0.25, 0.3) is 11.2 Å². The van der Waals surface area contributed by atoms with E-state index in [0.717, 1.165) is 0 Å². The number of carbonyl (C=O) groups is 1. The van der Waals surface area contributed by atoms with Crippen LogP contribution in [0.5, 0.6) is 0 Å². The van der Waals surface area contributed by atoms with Gasteiger partial charge < -0.3 is 10.6 Å². The van der Waals surface area contributed by atoms with Gasteiger partial charge in [0.05, 0.1) is 22.9 Å². The Balaban J connectivity index is 1.80. The molecule has 1 aromatic carbocycles. The lowest BCUT2D eigenvalue weighted by atomic mass is 9.74. The molecule has 170 valence electrons. The Kier molecular flexibility index (Phi) is 4.76. The third kappa shape index (κ3) is 3.15. The number of aromatic nitrogens is 5. The highest BCUT2D eigenvalue weighted by Gasteiger charge is 2.51. The lowest BCUT2D eigenvalue weighted by Crippen LogP contribution is -2.58. The minimum atomic E-state index is -0.381. The number of Topliss-reactive ketones (excluding diaryl/α,β-unsaturated/α-hetero) is 1. The van der Waals surface area contributed by atoms with E-state index in [1.54, 1.807) is 16.8 Å². The molecule has 1 fully saturated rings. The molecule has 0 bridgehead atoms. The summed E-state index contributed by atoms with van der Waals surface area (Å²) in [5.41, 5.74) is 7.14. The second kappa shape index (κ2) is 7.56. The number of nitrogens with zero attached hydrogens (tertiary/aromatic N) is 6. The summed E-state index contributed by atoms with van der Waals surface area (Å²) in [5, 5.41) is 4.85. The number of hydrogen-bond acceptors (Lipinski definition) is 7. The fourth-order valence-electron chi connectivity index (χ4n) is 4.67. The molecule has 1 atom stereocenters. The quantitative estimate of drug-likeness (QED) is 0.373. The van der Waals surface area contributed by atoms with Crippen molar-refractivity contribution in [2.75, 3.05) is 17.2 Å². The lowest BCUT2D eigenvalue weighted by molar-refractivity contribution is 0.101. The van der Waals surface area contributed by atoms with Gasteiger partial charge in [-0.2, -0.15) is 10.1 Å². The molecular weight excluding hydrogens is 430 g/mol. The average Bonchev–Trinajstić information content (AvgIpc) is 3.21. The molecule has 0 unspecified atom stereocenters. The molecular formula is C25H23N7O2. The number of carbonyl (C=O) groups excluding carboxylic acids is 1. The zero-order valence-electron chi connectivity index (χ0n) is 19.1. The Labute approximate surface area is 195 Å². The number of hydrogen-bond donors (Lipinski definition) is 1. The highest BCUT2D eigenvalue weighted by atomic mass is 16.1. The summed E-state index contributed by atoms with van der Waals surface area (Å²) < 4.78 is 3.12. The van der Waals surface area contributed by atoms with Crippen molar-refractivity contribution in [3.63, 3.8) is 0 Å². The molecule has 1 aliphatic rings. The number of rotatable bonds is 4. The zero-order valence-corrected chi connectivity index (χ0v) is 19.1. The van der Waals surface area contributed by atoms with E-state index in [1.807, 2.05) is 35.2 Å². The molecule has 0 spiro atoms. The summed E-state index contributed by atoms with van der Waals surface area (Å²) in [6.45, 7) is 6.21. The fraction of sp³-hybridized carbons (Fsp3) is 0.240. The van der Waals surface area contributed by atoms with Crippen molar-refractivity contribution in [2.24, 2.45) is 5.41 Å². The number of para-hydroxylation sites is 1. The number of nitrogens with two attached hydrogens (primary N) is 1. The van der Waals surface area contributed by atoms with Crippen molar-refractivity contribution < 1.29 is 4.79 Å². The summed E-state index contributed by atoms with van der Waals surface area (Å²) in [6.07, 6.45) is 8.77. The van der Waals surface area contributed by atoms with Gasteiger partial charge >= 0.3 is 0 Å². The van der Waals surface area contributed by atoms with Crippen LogP contribution >= 0.6 is 0 Å². The Morgan fingerprint density at radius 1 is 1.24 bits per heavy atom. The predicted molar refractivity (Wildman–Crippen MR) is 129 cm³/mol. The van der Waals surface area contributed by atoms with Gasteiger partial charge in [-0.25, -0.2) is 9.50 Å². The number of terminal acetylenes is 1. The van der Waals surface area contributed by atoms with Crippen molar-refractivity contribution in [1.29, 1.82) is 0 Å². The standard InChI is InChI=1S/C25H23N7O2/c1-5-16-11-12-31-19(16)23(34)32(17-9-7-6-8-10-17)22(29-31)20-25(3,4)14-30(20)21-18(15(2)33)13-27-24(26)28-21/h1,6-13,20H,14H2,2-4H3,(H2,26,27,28)/t20-/m1/s1. The molecule has 0 amide bonds. The summed E-state index contributed by atoms with van der Waals surface area (Å²) in [6, 6.07) is 10.6. The largest absolute Gasteiger partial charge is 0.368 e. The predicted octanol–water partition coefficient (Wildman–Crippen LogP) is 2.63. The molecule has 1 saturated heterocycles. The summed E-state index contributed by atoms with van der Waals surface area (Å²) in [7, 11) is 0. The fourth-order valence-corrected chi connectivity index (χ4v) is 4.67. The van der Waals surface area contributed by atoms with Crippen molar-refractivity contribution in [2.45, 2.75) is 26.8 Å². The topological polar surface area (TPSA) is 111 Å². The normalized spacial score (nSPS) is 16.8. The van der Waals surface area contributed by atoms with Crippen molar-refractivity contribution in [1.82, 2.24) is 24.1 Å². The van der Waals surface area contributed by atoms with E-state index in [1.165, 1.54) is 17.6 Å². The van der Waals surface area contributed by atoms with Gasteiger partial charge in [-0.3, -0.25) is 14.2 Å². The monoisotopic (exact) mass is 453 g/mol. The third-order valence-corrected chi connectivity index (χ3v) is 6.19. The van der Waals surface area contributed by atoms with Gasteiger partial charge in [-0.1, -0.05) is 38.0 Å². The first-order valence-corrected chi connectivity index (χ1v) is 10.8. The average molecular weight is 454 g/mol. The maximum Gasteiger partial charge on any atom is 0.283 e. The van der Waals surface area contributed by atoms with Crippen LogP contribution in [0.4, 0.5) is 11.8 Å². The second-order valence-electron chi connectivity index (χ2n) is 9.04. The minimum Gasteiger partial charge on any atom is -0.368 e. The van der Waals surface area contributed by atoms with E-state index in [-0.39, 0.29) is 28.7 Å². The van der Waals surface area contributed by atoms with Gasteiger partial charge in [-0.15, -0.1) is 6.42 Å². The first kappa shape index (κ1) is 21.4. The van der Waals surface area contributed by atoms with Crippen LogP contribution in [-0.4, -0.2) is 36.5 Å². The molecule has 0 radical (unpaired) electrons. The number of ketones is 1. The molecule has 5 rings (SSSR count). The lowest BCUT2D eigenvalue weighted by Gasteiger charge is -2.54. The van der Waals surface area contributed by atoms with E-state index in [0.29, 0.717) is 40.5 Å². The molecule has 34 heavy (non-hydrogen) atoms. The summed E-state index contributed by atoms with van der Waals surface area (Å²) in [5.74, 6) is 3.39. The van der Waals surface area contributed by atoms with E-state index >= 15 is 0 Å². The SMILES string of the molecule is C#Cc1ccn2nc([C@H]3N(c4nc(N)ncc4C(C)=O)CC3(C)C)n(-c3ccccc3)c(=O)c12. The van der Waals surface area contributed by atoms with Crippen LogP contribution in [0.2, 0.25) is 0 Å². The number of fused-ring (bicyclic) bond motifs is 1. The second-order valence-corrected chi connectivity index (χ2v) is 9.04. The van der Waals surface area contributed by atoms with E-state index in [4.69, 9.17) is 17.3 Å². The van der Waals surface area contributed by atoms with Crippen LogP contribution in [-0.2, 0) is 0 Å². The Morgan fingerprint density at radius 3 is 2.62 bits per heavy atom. The molecule has 4 heterocycles. The Bertz CT molecular complexity index is 1540. The van der Waals surface area contributed by atoms with E-state index < -0.39 is 0 Å². The van der Waals surface area contributed by atoms with E-state index in [2.05, 4.69) is 29.7 Å². The number of anilines is 2. The minimum absolute atomic E-state index is 0.0661. The molecule has 9 heteroatoms. The number of benzene rings is 1. The first-order valence-electron chi connectivity index (χ1n) is 10.8. The van der Waals surface area contributed by atoms with Crippen molar-refractivity contribution in [3.8, 4) is 18.0 Å². The van der Waals surface area contributed by atoms with Crippen LogP contribution in [0.1, 0.15) is 48.6 Å². The highest BCUT2D eigenvalue weighted by Crippen LogP contribution is 2.50. The van der Waals surface area contributed by atoms with Gasteiger partial charge in [0.15, 0.2) is 11.6 Å². The third-order valence-electron chi connectivity index (χ3n) is 6.19. The maximum absolute atomic E-state index is 13.8. The molecule has 0 aliphatic carbocycles. The summed E-state index contributed by atoms with van der Waals surface area (Å²) >= 11 is 0. The smallest absolute Gasteiger partial charge is 0.283 e. The highest BCUT2D eigenvalue weighted by molar-refractivity contribution is 5.99. The molecule has 4 aromatic rings. The van der Waals surface area contributed by atoms with Gasteiger partial charge in [0.2, 0.25) is 5.95 Å². The van der Waals surface area contributed by atoms with Crippen LogP contribution in [0.3, 0.4) is 0 Å². The van der Waals surface area contributed by atoms with Gasteiger partial charge in [0.25, 0.3) is 5.56 Å². The molecule has 0 saturated carbocycles. The number of nitrogen functional groups attached to an aromatic ring is 1. The maximum atomic E-state index is 13.8. The van der Waals surface area contributed by atoms with Crippen LogP contribution in [0, 0.1) is 17.8 Å². The van der Waals surface area contributed by atoms with Crippen LogP contribution in [0.15, 0.2) is 53.6 Å². The van der Waals surface area contributed by atoms with E-state index in [9.17, 15) is 9.59 Å². The summed E-state index contributed by atoms with van der Waals surface area (Å²) in [4.78, 5) is 36.5. The van der Waals surface area contributed by atoms with Crippen molar-refractivity contribution >= 4 is 23.1 Å². The Morgan fingerprint density at radius 2 is 1.97 bits per heavy atom. The molecule has 3 aromatic heterocycles. The Hall–Kier alpha value is -4.45. The van der Waals surface area contributed by atoms with Gasteiger partial charge in [0.1, 0.15) is 11.3 Å². The zero-order chi connectivity index (χ0) is 24.2. The van der Waals surface area contributed by atoms with Gasteiger partial charge in [0, 0.05) is 24.4 Å².